The van der Waals surface area contributed by atoms with Gasteiger partial charge in [-0.1, -0.05) is 38.2 Å². The number of fused-ring (bicyclic) bond motifs is 3. The quantitative estimate of drug-likeness (QED) is 0.572. The van der Waals surface area contributed by atoms with E-state index >= 15 is 0 Å². The number of rotatable bonds is 4. The number of aromatic nitrogens is 1. The molecule has 0 bridgehead atoms. The maximum atomic E-state index is 13.8. The molecule has 0 saturated heterocycles. The molecule has 0 aromatic carbocycles. The SMILES string of the molecule is C[C@]1(C(=O)NC2CCCCCCC2)Cn2c(cc3sccc32)C(=O)N1Cc1cccs1. The molecule has 31 heavy (non-hydrogen) atoms. The topological polar surface area (TPSA) is 54.3 Å². The van der Waals surface area contributed by atoms with Gasteiger partial charge in [-0.05, 0) is 48.7 Å². The number of amides is 2. The van der Waals surface area contributed by atoms with Gasteiger partial charge >= 0.3 is 0 Å². The second-order valence-corrected chi connectivity index (χ2v) is 11.0. The maximum Gasteiger partial charge on any atom is 0.271 e. The molecule has 1 aliphatic carbocycles. The van der Waals surface area contributed by atoms with E-state index in [2.05, 4.69) is 16.0 Å². The number of nitrogens with zero attached hydrogens (tertiary/aromatic N) is 2. The third-order valence-electron chi connectivity index (χ3n) is 6.87. The number of hydrogen-bond donors (Lipinski definition) is 1. The van der Waals surface area contributed by atoms with Crippen molar-refractivity contribution in [1.82, 2.24) is 14.8 Å². The number of thiophene rings is 2. The fourth-order valence-corrected chi connectivity index (χ4v) is 6.54. The predicted molar refractivity (Wildman–Crippen MR) is 127 cm³/mol. The van der Waals surface area contributed by atoms with Crippen molar-refractivity contribution in [2.24, 2.45) is 0 Å². The zero-order valence-electron chi connectivity index (χ0n) is 17.9. The van der Waals surface area contributed by atoms with Crippen molar-refractivity contribution in [2.45, 2.75) is 76.5 Å². The van der Waals surface area contributed by atoms with Gasteiger partial charge in [0, 0.05) is 10.9 Å². The summed E-state index contributed by atoms with van der Waals surface area (Å²) in [5.74, 6) is -0.0796. The molecule has 1 fully saturated rings. The molecule has 1 N–H and O–H groups in total. The Morgan fingerprint density at radius 1 is 1.13 bits per heavy atom. The van der Waals surface area contributed by atoms with E-state index in [-0.39, 0.29) is 17.9 Å². The Kier molecular flexibility index (Phi) is 5.65. The lowest BCUT2D eigenvalue weighted by Gasteiger charge is -2.44. The fourth-order valence-electron chi connectivity index (χ4n) is 5.02. The molecular formula is C24H29N3O2S2. The van der Waals surface area contributed by atoms with Gasteiger partial charge in [-0.2, -0.15) is 0 Å². The van der Waals surface area contributed by atoms with Crippen LogP contribution in [-0.2, 0) is 17.9 Å². The highest BCUT2D eigenvalue weighted by molar-refractivity contribution is 7.17. The highest BCUT2D eigenvalue weighted by Crippen LogP contribution is 2.36. The standard InChI is InChI=1S/C24H29N3O2S2/c1-24(23(29)25-17-8-5-3-2-4-6-9-17)16-26-19-11-13-31-21(19)14-20(26)22(28)27(24)15-18-10-7-12-30-18/h7,10-14,17H,2-6,8-9,15-16H2,1H3,(H,25,29)/t24-/m1/s1. The van der Waals surface area contributed by atoms with E-state index in [0.717, 1.165) is 40.8 Å². The summed E-state index contributed by atoms with van der Waals surface area (Å²) in [5, 5.41) is 7.42. The van der Waals surface area contributed by atoms with E-state index < -0.39 is 5.54 Å². The Labute approximate surface area is 191 Å². The van der Waals surface area contributed by atoms with Crippen molar-refractivity contribution in [3.8, 4) is 0 Å². The Morgan fingerprint density at radius 2 is 1.90 bits per heavy atom. The van der Waals surface area contributed by atoms with Gasteiger partial charge in [-0.3, -0.25) is 9.59 Å². The smallest absolute Gasteiger partial charge is 0.271 e. The number of carbonyl (C=O) groups excluding carboxylic acids is 2. The molecule has 1 atom stereocenters. The molecule has 5 rings (SSSR count). The number of hydrogen-bond acceptors (Lipinski definition) is 4. The Morgan fingerprint density at radius 3 is 2.65 bits per heavy atom. The lowest BCUT2D eigenvalue weighted by molar-refractivity contribution is -0.134. The van der Waals surface area contributed by atoms with Gasteiger partial charge in [-0.15, -0.1) is 22.7 Å². The first-order valence-electron chi connectivity index (χ1n) is 11.3. The summed E-state index contributed by atoms with van der Waals surface area (Å²) in [6.45, 7) is 2.89. The fraction of sp³-hybridized carbons (Fsp3) is 0.500. The molecule has 0 radical (unpaired) electrons. The van der Waals surface area contributed by atoms with E-state index in [9.17, 15) is 9.59 Å². The average Bonchev–Trinajstić information content (AvgIpc) is 3.46. The molecule has 164 valence electrons. The molecule has 7 heteroatoms. The number of carbonyl (C=O) groups is 2. The third kappa shape index (κ3) is 3.82. The van der Waals surface area contributed by atoms with Gasteiger partial charge in [0.25, 0.3) is 5.91 Å². The van der Waals surface area contributed by atoms with Crippen molar-refractivity contribution in [3.63, 3.8) is 0 Å². The summed E-state index contributed by atoms with van der Waals surface area (Å²) >= 11 is 3.27. The molecule has 3 aromatic heterocycles. The van der Waals surface area contributed by atoms with Gasteiger partial charge in [0.2, 0.25) is 5.91 Å². The summed E-state index contributed by atoms with van der Waals surface area (Å²) in [5.41, 5.74) is 0.813. The van der Waals surface area contributed by atoms with Gasteiger partial charge in [0.15, 0.2) is 0 Å². The van der Waals surface area contributed by atoms with Crippen molar-refractivity contribution < 1.29 is 9.59 Å². The first-order chi connectivity index (χ1) is 15.1. The van der Waals surface area contributed by atoms with Crippen LogP contribution in [0.15, 0.2) is 35.0 Å². The van der Waals surface area contributed by atoms with E-state index in [1.807, 2.05) is 35.9 Å². The normalized spacial score (nSPS) is 22.9. The zero-order chi connectivity index (χ0) is 21.4. The zero-order valence-corrected chi connectivity index (χ0v) is 19.6. The van der Waals surface area contributed by atoms with Crippen LogP contribution in [0.5, 0.6) is 0 Å². The average molecular weight is 456 g/mol. The third-order valence-corrected chi connectivity index (χ3v) is 8.59. The molecule has 2 amide bonds. The molecule has 1 saturated carbocycles. The van der Waals surface area contributed by atoms with E-state index in [0.29, 0.717) is 18.8 Å². The van der Waals surface area contributed by atoms with Gasteiger partial charge < -0.3 is 14.8 Å². The monoisotopic (exact) mass is 455 g/mol. The molecule has 5 nitrogen and oxygen atoms in total. The molecule has 0 unspecified atom stereocenters. The van der Waals surface area contributed by atoms with Crippen LogP contribution < -0.4 is 5.32 Å². The van der Waals surface area contributed by atoms with Crippen molar-refractivity contribution in [3.05, 3.63) is 45.6 Å². The molecular weight excluding hydrogens is 426 g/mol. The van der Waals surface area contributed by atoms with Crippen LogP contribution in [0.3, 0.4) is 0 Å². The second kappa shape index (κ2) is 8.43. The minimum Gasteiger partial charge on any atom is -0.351 e. The summed E-state index contributed by atoms with van der Waals surface area (Å²) in [4.78, 5) is 30.3. The largest absolute Gasteiger partial charge is 0.351 e. The van der Waals surface area contributed by atoms with Crippen LogP contribution in [0.1, 0.15) is 67.2 Å². The Balaban J connectivity index is 1.48. The van der Waals surface area contributed by atoms with Gasteiger partial charge in [0.1, 0.15) is 11.2 Å². The van der Waals surface area contributed by atoms with Crippen LogP contribution >= 0.6 is 22.7 Å². The maximum absolute atomic E-state index is 13.8. The minimum absolute atomic E-state index is 0.0225. The van der Waals surface area contributed by atoms with E-state index in [4.69, 9.17) is 0 Å². The number of nitrogens with one attached hydrogen (secondary N) is 1. The van der Waals surface area contributed by atoms with Crippen molar-refractivity contribution in [2.75, 3.05) is 0 Å². The van der Waals surface area contributed by atoms with Gasteiger partial charge in [0.05, 0.1) is 23.3 Å². The van der Waals surface area contributed by atoms with Crippen LogP contribution in [0.25, 0.3) is 10.2 Å². The Hall–Kier alpha value is -2.12. The van der Waals surface area contributed by atoms with Crippen LogP contribution in [-0.4, -0.2) is 32.9 Å². The first-order valence-corrected chi connectivity index (χ1v) is 13.0. The summed E-state index contributed by atoms with van der Waals surface area (Å²) < 4.78 is 3.15. The molecule has 3 aromatic rings. The van der Waals surface area contributed by atoms with Crippen molar-refractivity contribution >= 4 is 44.7 Å². The summed E-state index contributed by atoms with van der Waals surface area (Å²) in [6.07, 6.45) is 8.18. The van der Waals surface area contributed by atoms with E-state index in [1.165, 1.54) is 19.3 Å². The summed E-state index contributed by atoms with van der Waals surface area (Å²) in [7, 11) is 0. The highest BCUT2D eigenvalue weighted by Gasteiger charge is 2.48. The second-order valence-electron chi connectivity index (χ2n) is 9.05. The highest BCUT2D eigenvalue weighted by atomic mass is 32.1. The molecule has 4 heterocycles. The summed E-state index contributed by atoms with van der Waals surface area (Å²) in [6, 6.07) is 8.28. The van der Waals surface area contributed by atoms with Crippen LogP contribution in [0.4, 0.5) is 0 Å². The lowest BCUT2D eigenvalue weighted by Crippen LogP contribution is -2.64. The van der Waals surface area contributed by atoms with Crippen LogP contribution in [0.2, 0.25) is 0 Å². The molecule has 1 aliphatic heterocycles. The lowest BCUT2D eigenvalue weighted by atomic mass is 9.92. The van der Waals surface area contributed by atoms with E-state index in [1.54, 1.807) is 27.6 Å². The minimum atomic E-state index is -0.926. The molecule has 0 spiro atoms. The van der Waals surface area contributed by atoms with Crippen LogP contribution in [0, 0.1) is 0 Å². The predicted octanol–water partition coefficient (Wildman–Crippen LogP) is 5.41. The van der Waals surface area contributed by atoms with Gasteiger partial charge in [-0.25, -0.2) is 0 Å². The Bertz CT molecular complexity index is 1080. The molecule has 2 aliphatic rings. The van der Waals surface area contributed by atoms with Crippen molar-refractivity contribution in [1.29, 1.82) is 0 Å². The first kappa shape index (κ1) is 20.8.